The van der Waals surface area contributed by atoms with E-state index < -0.39 is 0 Å². The van der Waals surface area contributed by atoms with E-state index in [1.54, 1.807) is 0 Å². The van der Waals surface area contributed by atoms with Crippen LogP contribution in [0, 0.1) is 0 Å². The second-order valence-electron chi connectivity index (χ2n) is 12.6. The zero-order valence-corrected chi connectivity index (χ0v) is 23.5. The number of aromatic hydroxyl groups is 2. The summed E-state index contributed by atoms with van der Waals surface area (Å²) in [6.45, 7) is 17.5. The number of phenols is 2. The third-order valence-electron chi connectivity index (χ3n) is 7.41. The molecule has 2 heteroatoms. The summed E-state index contributed by atoms with van der Waals surface area (Å²) in [5, 5.41) is 23.5. The Labute approximate surface area is 214 Å². The van der Waals surface area contributed by atoms with Crippen LogP contribution in [0.3, 0.4) is 0 Å². The van der Waals surface area contributed by atoms with Gasteiger partial charge in [-0.05, 0) is 71.6 Å². The SMILES string of the molecule is CCCc1cc(C(C2=CCCCC2)c2cc(CCC)cc(C(C)(C)C)c2O)c(O)c(C(C)(C)C)c1. The Balaban J connectivity index is 2.39. The molecule has 192 valence electrons. The van der Waals surface area contributed by atoms with Gasteiger partial charge in [0.25, 0.3) is 0 Å². The van der Waals surface area contributed by atoms with Crippen molar-refractivity contribution in [3.8, 4) is 11.5 Å². The van der Waals surface area contributed by atoms with Gasteiger partial charge in [0, 0.05) is 17.0 Å². The molecule has 2 aromatic carbocycles. The number of benzene rings is 2. The molecule has 0 spiro atoms. The predicted octanol–water partition coefficient (Wildman–Crippen LogP) is 9.23. The lowest BCUT2D eigenvalue weighted by Crippen LogP contribution is -2.17. The first-order chi connectivity index (χ1) is 16.4. The van der Waals surface area contributed by atoms with Crippen molar-refractivity contribution in [3.63, 3.8) is 0 Å². The van der Waals surface area contributed by atoms with Crippen LogP contribution in [-0.4, -0.2) is 10.2 Å². The van der Waals surface area contributed by atoms with Gasteiger partial charge in [-0.1, -0.05) is 104 Å². The maximum absolute atomic E-state index is 11.8. The van der Waals surface area contributed by atoms with Crippen LogP contribution in [0.1, 0.15) is 133 Å². The van der Waals surface area contributed by atoms with Crippen LogP contribution in [-0.2, 0) is 23.7 Å². The maximum Gasteiger partial charge on any atom is 0.123 e. The molecule has 0 saturated heterocycles. The molecule has 0 bridgehead atoms. The van der Waals surface area contributed by atoms with Crippen molar-refractivity contribution in [3.05, 3.63) is 69.3 Å². The van der Waals surface area contributed by atoms with E-state index >= 15 is 0 Å². The van der Waals surface area contributed by atoms with E-state index in [0.717, 1.165) is 67.2 Å². The van der Waals surface area contributed by atoms with Crippen molar-refractivity contribution in [2.24, 2.45) is 0 Å². The maximum atomic E-state index is 11.8. The average molecular weight is 477 g/mol. The molecular formula is C33H48O2. The third kappa shape index (κ3) is 6.13. The van der Waals surface area contributed by atoms with E-state index in [1.165, 1.54) is 23.1 Å². The molecule has 0 atom stereocenters. The van der Waals surface area contributed by atoms with Gasteiger partial charge in [-0.15, -0.1) is 0 Å². The lowest BCUT2D eigenvalue weighted by Gasteiger charge is -2.31. The zero-order chi connectivity index (χ0) is 26.0. The summed E-state index contributed by atoms with van der Waals surface area (Å²) in [5.41, 5.74) is 7.45. The van der Waals surface area contributed by atoms with Gasteiger partial charge in [-0.25, -0.2) is 0 Å². The van der Waals surface area contributed by atoms with E-state index in [9.17, 15) is 10.2 Å². The van der Waals surface area contributed by atoms with Crippen molar-refractivity contribution in [2.45, 2.75) is 124 Å². The summed E-state index contributed by atoms with van der Waals surface area (Å²) in [5.74, 6) is 0.656. The van der Waals surface area contributed by atoms with E-state index in [2.05, 4.69) is 85.7 Å². The van der Waals surface area contributed by atoms with Crippen LogP contribution in [0.2, 0.25) is 0 Å². The van der Waals surface area contributed by atoms with Crippen molar-refractivity contribution in [1.82, 2.24) is 0 Å². The Morgan fingerprint density at radius 3 is 1.51 bits per heavy atom. The molecule has 0 saturated carbocycles. The highest BCUT2D eigenvalue weighted by Crippen LogP contribution is 2.49. The van der Waals surface area contributed by atoms with Gasteiger partial charge in [-0.2, -0.15) is 0 Å². The molecule has 2 nitrogen and oxygen atoms in total. The first-order valence-electron chi connectivity index (χ1n) is 13.8. The second-order valence-corrected chi connectivity index (χ2v) is 12.6. The van der Waals surface area contributed by atoms with E-state index in [1.807, 2.05) is 0 Å². The van der Waals surface area contributed by atoms with Crippen molar-refractivity contribution >= 4 is 0 Å². The van der Waals surface area contributed by atoms with Gasteiger partial charge in [0.1, 0.15) is 11.5 Å². The summed E-state index contributed by atoms with van der Waals surface area (Å²) in [4.78, 5) is 0. The number of hydrogen-bond acceptors (Lipinski definition) is 2. The molecule has 2 aromatic rings. The number of aryl methyl sites for hydroxylation is 2. The topological polar surface area (TPSA) is 40.5 Å². The number of hydrogen-bond donors (Lipinski definition) is 2. The molecule has 0 aliphatic heterocycles. The second kappa shape index (κ2) is 10.8. The van der Waals surface area contributed by atoms with Crippen LogP contribution in [0.15, 0.2) is 35.9 Å². The number of phenolic OH excluding ortho intramolecular Hbond substituents is 2. The van der Waals surface area contributed by atoms with Crippen molar-refractivity contribution in [1.29, 1.82) is 0 Å². The van der Waals surface area contributed by atoms with Crippen LogP contribution < -0.4 is 0 Å². The summed E-state index contributed by atoms with van der Waals surface area (Å²) < 4.78 is 0. The van der Waals surface area contributed by atoms with Crippen LogP contribution in [0.5, 0.6) is 11.5 Å². The normalized spacial score (nSPS) is 14.9. The summed E-state index contributed by atoms with van der Waals surface area (Å²) >= 11 is 0. The molecule has 2 N–H and O–H groups in total. The van der Waals surface area contributed by atoms with E-state index in [4.69, 9.17) is 0 Å². The Kier molecular flexibility index (Phi) is 8.45. The minimum atomic E-state index is -0.170. The largest absolute Gasteiger partial charge is 0.507 e. The highest BCUT2D eigenvalue weighted by molar-refractivity contribution is 5.59. The molecule has 1 aliphatic carbocycles. The Morgan fingerprint density at radius 2 is 1.17 bits per heavy atom. The van der Waals surface area contributed by atoms with Gasteiger partial charge >= 0.3 is 0 Å². The minimum Gasteiger partial charge on any atom is -0.507 e. The predicted molar refractivity (Wildman–Crippen MR) is 150 cm³/mol. The molecule has 0 heterocycles. The fraction of sp³-hybridized carbons (Fsp3) is 0.576. The summed E-state index contributed by atoms with van der Waals surface area (Å²) in [7, 11) is 0. The average Bonchev–Trinajstić information content (AvgIpc) is 2.77. The molecular weight excluding hydrogens is 428 g/mol. The Bertz CT molecular complexity index is 986. The lowest BCUT2D eigenvalue weighted by molar-refractivity contribution is 0.429. The first-order valence-corrected chi connectivity index (χ1v) is 13.8. The number of rotatable bonds is 7. The van der Waals surface area contributed by atoms with Crippen LogP contribution >= 0.6 is 0 Å². The van der Waals surface area contributed by atoms with Gasteiger partial charge in [0.15, 0.2) is 0 Å². The van der Waals surface area contributed by atoms with Gasteiger partial charge in [-0.3, -0.25) is 0 Å². The van der Waals surface area contributed by atoms with Gasteiger partial charge in [0.05, 0.1) is 0 Å². The smallest absolute Gasteiger partial charge is 0.123 e. The molecule has 0 unspecified atom stereocenters. The zero-order valence-electron chi connectivity index (χ0n) is 23.5. The molecule has 0 amide bonds. The van der Waals surface area contributed by atoms with Crippen LogP contribution in [0.4, 0.5) is 0 Å². The van der Waals surface area contributed by atoms with E-state index in [-0.39, 0.29) is 16.7 Å². The first kappa shape index (κ1) is 27.4. The summed E-state index contributed by atoms with van der Waals surface area (Å²) in [6, 6.07) is 8.83. The van der Waals surface area contributed by atoms with E-state index in [0.29, 0.717) is 11.5 Å². The summed E-state index contributed by atoms with van der Waals surface area (Å²) in [6.07, 6.45) is 10.9. The Morgan fingerprint density at radius 1 is 0.714 bits per heavy atom. The number of allylic oxidation sites excluding steroid dienone is 2. The fourth-order valence-electron chi connectivity index (χ4n) is 5.58. The molecule has 1 aliphatic rings. The van der Waals surface area contributed by atoms with Crippen molar-refractivity contribution < 1.29 is 10.2 Å². The molecule has 35 heavy (non-hydrogen) atoms. The molecule has 0 aromatic heterocycles. The molecule has 0 radical (unpaired) electrons. The third-order valence-corrected chi connectivity index (χ3v) is 7.41. The highest BCUT2D eigenvalue weighted by atomic mass is 16.3. The minimum absolute atomic E-state index is 0.133. The quantitative estimate of drug-likeness (QED) is 0.391. The molecule has 3 rings (SSSR count). The monoisotopic (exact) mass is 476 g/mol. The fourth-order valence-corrected chi connectivity index (χ4v) is 5.58. The van der Waals surface area contributed by atoms with Gasteiger partial charge in [0.2, 0.25) is 0 Å². The van der Waals surface area contributed by atoms with Crippen molar-refractivity contribution in [2.75, 3.05) is 0 Å². The highest BCUT2D eigenvalue weighted by Gasteiger charge is 2.32. The van der Waals surface area contributed by atoms with Gasteiger partial charge < -0.3 is 10.2 Å². The molecule has 0 fully saturated rings. The Hall–Kier alpha value is -2.22. The standard InChI is InChI=1S/C33H48O2/c1-9-14-22-18-25(30(34)27(20-22)32(3,4)5)29(24-16-12-11-13-17-24)26-19-23(15-10-2)21-28(31(26)35)33(6,7)8/h16,18-21,29,34-35H,9-15,17H2,1-8H3. The lowest BCUT2D eigenvalue weighted by atomic mass is 9.74. The van der Waals surface area contributed by atoms with Crippen LogP contribution in [0.25, 0.3) is 0 Å².